The van der Waals surface area contributed by atoms with E-state index in [2.05, 4.69) is 16.7 Å². The zero-order chi connectivity index (χ0) is 16.1. The van der Waals surface area contributed by atoms with Crippen LogP contribution in [0.4, 0.5) is 5.69 Å². The second-order valence-corrected chi connectivity index (χ2v) is 6.46. The fourth-order valence-electron chi connectivity index (χ4n) is 3.16. The van der Waals surface area contributed by atoms with Crippen LogP contribution in [0.5, 0.6) is 5.75 Å². The topological polar surface area (TPSA) is 93.5 Å². The maximum Gasteiger partial charge on any atom is 0.234 e. The molecule has 2 aliphatic rings. The van der Waals surface area contributed by atoms with Crippen molar-refractivity contribution in [3.05, 3.63) is 22.8 Å². The predicted molar refractivity (Wildman–Crippen MR) is 90.3 cm³/mol. The Hall–Kier alpha value is -1.79. The van der Waals surface area contributed by atoms with E-state index in [1.165, 1.54) is 0 Å². The van der Waals surface area contributed by atoms with Gasteiger partial charge in [0.15, 0.2) is 0 Å². The maximum absolute atomic E-state index is 12.2. The first-order valence-corrected chi connectivity index (χ1v) is 7.46. The normalized spacial score (nSPS) is 20.0. The molecule has 4 N–H and O–H groups in total. The van der Waals surface area contributed by atoms with Gasteiger partial charge in [-0.25, -0.2) is 0 Å². The van der Waals surface area contributed by atoms with Gasteiger partial charge in [-0.2, -0.15) is 0 Å². The third kappa shape index (κ3) is 2.77. The lowest BCUT2D eigenvalue weighted by atomic mass is 9.83. The minimum Gasteiger partial charge on any atom is -0.488 e. The van der Waals surface area contributed by atoms with Crippen LogP contribution in [0.2, 0.25) is 0 Å². The van der Waals surface area contributed by atoms with Crippen molar-refractivity contribution in [1.82, 2.24) is 5.32 Å². The Morgan fingerprint density at radius 2 is 2.22 bits per heavy atom. The minimum absolute atomic E-state index is 0. The summed E-state index contributed by atoms with van der Waals surface area (Å²) < 4.78 is 6.04. The smallest absolute Gasteiger partial charge is 0.234 e. The molecular weight excluding hydrogens is 318 g/mol. The predicted octanol–water partition coefficient (Wildman–Crippen LogP) is 1.02. The van der Waals surface area contributed by atoms with Crippen molar-refractivity contribution in [3.63, 3.8) is 0 Å². The molecule has 0 spiro atoms. The molecule has 1 atom stereocenters. The number of benzene rings is 1. The molecule has 2 heterocycles. The third-order valence-electron chi connectivity index (χ3n) is 4.43. The van der Waals surface area contributed by atoms with E-state index in [4.69, 9.17) is 10.5 Å². The monoisotopic (exact) mass is 339 g/mol. The summed E-state index contributed by atoms with van der Waals surface area (Å²) in [7, 11) is 0. The Morgan fingerprint density at radius 3 is 2.87 bits per heavy atom. The van der Waals surface area contributed by atoms with Crippen molar-refractivity contribution in [2.24, 2.45) is 5.73 Å². The fourth-order valence-corrected chi connectivity index (χ4v) is 3.16. The highest BCUT2D eigenvalue weighted by Gasteiger charge is 2.44. The Kier molecular flexibility index (Phi) is 4.59. The molecule has 1 unspecified atom stereocenters. The molecular formula is C16H22ClN3O3. The number of hydrogen-bond acceptors (Lipinski definition) is 4. The van der Waals surface area contributed by atoms with Gasteiger partial charge in [-0.15, -0.1) is 12.4 Å². The summed E-state index contributed by atoms with van der Waals surface area (Å²) in [5.41, 5.74) is 8.60. The molecule has 23 heavy (non-hydrogen) atoms. The fraction of sp³-hybridized carbons (Fsp3) is 0.500. The van der Waals surface area contributed by atoms with Crippen LogP contribution in [-0.4, -0.2) is 31.0 Å². The first-order chi connectivity index (χ1) is 10.3. The number of hydrogen-bond donors (Lipinski definition) is 3. The molecule has 2 aliphatic heterocycles. The SMILES string of the molecule is Cc1cc2c(c3c1NC(=O)C3(C)C)OC(CNC(=O)CN)C2.Cl. The average Bonchev–Trinajstić information content (AvgIpc) is 2.96. The molecule has 6 nitrogen and oxygen atoms in total. The molecule has 0 saturated heterocycles. The van der Waals surface area contributed by atoms with Gasteiger partial charge in [0.2, 0.25) is 11.8 Å². The first kappa shape index (κ1) is 17.6. The number of nitrogens with two attached hydrogens (primary N) is 1. The number of carbonyl (C=O) groups is 2. The Labute approximate surface area is 141 Å². The summed E-state index contributed by atoms with van der Waals surface area (Å²) in [6.45, 7) is 6.19. The van der Waals surface area contributed by atoms with Crippen molar-refractivity contribution < 1.29 is 14.3 Å². The lowest BCUT2D eigenvalue weighted by Crippen LogP contribution is -2.37. The van der Waals surface area contributed by atoms with Gasteiger partial charge in [0.05, 0.1) is 24.2 Å². The number of fused-ring (bicyclic) bond motifs is 3. The van der Waals surface area contributed by atoms with E-state index in [0.29, 0.717) is 6.54 Å². The zero-order valence-corrected chi connectivity index (χ0v) is 14.3. The molecule has 0 saturated carbocycles. The third-order valence-corrected chi connectivity index (χ3v) is 4.43. The van der Waals surface area contributed by atoms with Gasteiger partial charge in [0.25, 0.3) is 0 Å². The lowest BCUT2D eigenvalue weighted by molar-refractivity contribution is -0.120. The lowest BCUT2D eigenvalue weighted by Gasteiger charge is -2.19. The number of halogens is 1. The molecule has 0 bridgehead atoms. The van der Waals surface area contributed by atoms with E-state index in [1.54, 1.807) is 0 Å². The second-order valence-electron chi connectivity index (χ2n) is 6.46. The molecule has 0 fully saturated rings. The highest BCUT2D eigenvalue weighted by molar-refractivity contribution is 6.07. The van der Waals surface area contributed by atoms with Crippen LogP contribution in [0.25, 0.3) is 0 Å². The van der Waals surface area contributed by atoms with E-state index in [9.17, 15) is 9.59 Å². The zero-order valence-electron chi connectivity index (χ0n) is 13.5. The first-order valence-electron chi connectivity index (χ1n) is 7.46. The van der Waals surface area contributed by atoms with Crippen molar-refractivity contribution >= 4 is 29.9 Å². The number of amides is 2. The van der Waals surface area contributed by atoms with E-state index in [0.717, 1.165) is 34.5 Å². The van der Waals surface area contributed by atoms with E-state index in [1.807, 2.05) is 20.8 Å². The quantitative estimate of drug-likeness (QED) is 0.766. The van der Waals surface area contributed by atoms with Crippen molar-refractivity contribution in [2.75, 3.05) is 18.4 Å². The van der Waals surface area contributed by atoms with Crippen molar-refractivity contribution in [3.8, 4) is 5.75 Å². The molecule has 0 aromatic heterocycles. The van der Waals surface area contributed by atoms with Gasteiger partial charge in [0.1, 0.15) is 11.9 Å². The number of rotatable bonds is 3. The average molecular weight is 340 g/mol. The van der Waals surface area contributed by atoms with Crippen LogP contribution in [0.1, 0.15) is 30.5 Å². The van der Waals surface area contributed by atoms with E-state index in [-0.39, 0.29) is 36.9 Å². The Balaban J connectivity index is 0.00000192. The number of nitrogens with one attached hydrogen (secondary N) is 2. The summed E-state index contributed by atoms with van der Waals surface area (Å²) in [4.78, 5) is 23.5. The van der Waals surface area contributed by atoms with E-state index >= 15 is 0 Å². The molecule has 7 heteroatoms. The molecule has 2 amide bonds. The summed E-state index contributed by atoms with van der Waals surface area (Å²) in [6.07, 6.45) is 0.598. The van der Waals surface area contributed by atoms with Crippen LogP contribution in [0, 0.1) is 6.92 Å². The summed E-state index contributed by atoms with van der Waals surface area (Å²) >= 11 is 0. The summed E-state index contributed by atoms with van der Waals surface area (Å²) in [5, 5.41) is 5.70. The van der Waals surface area contributed by atoms with Crippen LogP contribution in [0.3, 0.4) is 0 Å². The molecule has 3 rings (SSSR count). The molecule has 0 radical (unpaired) electrons. The molecule has 1 aromatic carbocycles. The van der Waals surface area contributed by atoms with Gasteiger partial charge in [-0.3, -0.25) is 9.59 Å². The van der Waals surface area contributed by atoms with Crippen molar-refractivity contribution in [1.29, 1.82) is 0 Å². The summed E-state index contributed by atoms with van der Waals surface area (Å²) in [5.74, 6) is 0.580. The van der Waals surface area contributed by atoms with Crippen molar-refractivity contribution in [2.45, 2.75) is 38.7 Å². The molecule has 1 aromatic rings. The van der Waals surface area contributed by atoms with Gasteiger partial charge in [-0.1, -0.05) is 6.07 Å². The van der Waals surface area contributed by atoms with Crippen LogP contribution in [0.15, 0.2) is 6.07 Å². The van der Waals surface area contributed by atoms with Gasteiger partial charge in [0, 0.05) is 12.0 Å². The standard InChI is InChI=1S/C16H21N3O3.ClH/c1-8-4-9-5-10(7-18-11(20)6-17)22-14(9)12-13(8)19-15(21)16(12,2)3;/h4,10H,5-7,17H2,1-3H3,(H,18,20)(H,19,21);1H. The van der Waals surface area contributed by atoms with Crippen LogP contribution < -0.4 is 21.1 Å². The van der Waals surface area contributed by atoms with Gasteiger partial charge in [-0.05, 0) is 31.9 Å². The number of anilines is 1. The van der Waals surface area contributed by atoms with Gasteiger partial charge >= 0.3 is 0 Å². The number of ether oxygens (including phenoxy) is 1. The molecule has 0 aliphatic carbocycles. The van der Waals surface area contributed by atoms with Gasteiger partial charge < -0.3 is 21.1 Å². The second kappa shape index (κ2) is 6.02. The van der Waals surface area contributed by atoms with E-state index < -0.39 is 5.41 Å². The number of aryl methyl sites for hydroxylation is 1. The number of carbonyl (C=O) groups excluding carboxylic acids is 2. The Morgan fingerprint density at radius 1 is 1.52 bits per heavy atom. The van der Waals surface area contributed by atoms with Crippen LogP contribution >= 0.6 is 12.4 Å². The summed E-state index contributed by atoms with van der Waals surface area (Å²) in [6, 6.07) is 2.06. The maximum atomic E-state index is 12.2. The highest BCUT2D eigenvalue weighted by atomic mass is 35.5. The minimum atomic E-state index is -0.610. The Bertz CT molecular complexity index is 673. The molecule has 126 valence electrons. The largest absolute Gasteiger partial charge is 0.488 e. The highest BCUT2D eigenvalue weighted by Crippen LogP contribution is 2.49. The van der Waals surface area contributed by atoms with Crippen LogP contribution in [-0.2, 0) is 21.4 Å².